The number of methoxy groups -OCH3 is 1. The highest BCUT2D eigenvalue weighted by molar-refractivity contribution is 5.95. The van der Waals surface area contributed by atoms with Crippen molar-refractivity contribution in [2.45, 2.75) is 64.8 Å². The van der Waals surface area contributed by atoms with Crippen LogP contribution in [0.5, 0.6) is 0 Å². The van der Waals surface area contributed by atoms with Crippen LogP contribution in [-0.4, -0.2) is 51.5 Å². The van der Waals surface area contributed by atoms with E-state index in [1.807, 2.05) is 12.2 Å². The minimum atomic E-state index is -0.427. The Kier molecular flexibility index (Phi) is 15.3. The average molecular weight is 397 g/mol. The first-order valence-electron chi connectivity index (χ1n) is 9.98. The number of hydrogen-bond donors (Lipinski definition) is 3. The van der Waals surface area contributed by atoms with E-state index in [1.54, 1.807) is 14.2 Å². The number of carbonyl (C=O) groups is 3. The first-order chi connectivity index (χ1) is 13.6. The lowest BCUT2D eigenvalue weighted by Gasteiger charge is -2.26. The van der Waals surface area contributed by atoms with Crippen LogP contribution in [0.3, 0.4) is 0 Å². The molecule has 1 fully saturated rings. The summed E-state index contributed by atoms with van der Waals surface area (Å²) in [4.78, 5) is 35.2. The Morgan fingerprint density at radius 1 is 1.21 bits per heavy atom. The number of rotatable bonds is 10. The molecule has 8 heteroatoms. The number of imide groups is 1. The van der Waals surface area contributed by atoms with E-state index in [0.29, 0.717) is 24.8 Å². The Morgan fingerprint density at radius 3 is 2.36 bits per heavy atom. The Labute approximate surface area is 168 Å². The van der Waals surface area contributed by atoms with Crippen molar-refractivity contribution in [3.63, 3.8) is 0 Å². The number of amides is 4. The van der Waals surface area contributed by atoms with Gasteiger partial charge in [-0.15, -0.1) is 0 Å². The second-order valence-electron chi connectivity index (χ2n) is 6.48. The van der Waals surface area contributed by atoms with Gasteiger partial charge in [0.2, 0.25) is 18.7 Å². The second kappa shape index (κ2) is 16.8. The van der Waals surface area contributed by atoms with Crippen LogP contribution < -0.4 is 16.0 Å². The summed E-state index contributed by atoms with van der Waals surface area (Å²) in [6.07, 6.45) is 10.9. The van der Waals surface area contributed by atoms with Crippen LogP contribution in [0.1, 0.15) is 58.8 Å². The third-order valence-corrected chi connectivity index (χ3v) is 4.53. The van der Waals surface area contributed by atoms with Gasteiger partial charge in [0.25, 0.3) is 0 Å². The molecule has 160 valence electrons. The minimum absolute atomic E-state index is 0.0311. The van der Waals surface area contributed by atoms with Crippen LogP contribution in [0.4, 0.5) is 4.79 Å². The third-order valence-electron chi connectivity index (χ3n) is 4.53. The maximum Gasteiger partial charge on any atom is 0.321 e. The number of unbranched alkanes of at least 4 members (excludes halogenated alkanes) is 1. The molecular formula is C20H36N4O4. The van der Waals surface area contributed by atoms with E-state index in [1.165, 1.54) is 12.8 Å². The van der Waals surface area contributed by atoms with Crippen LogP contribution >= 0.6 is 0 Å². The van der Waals surface area contributed by atoms with Gasteiger partial charge >= 0.3 is 6.03 Å². The smallest absolute Gasteiger partial charge is 0.321 e. The molecule has 0 bridgehead atoms. The zero-order valence-corrected chi connectivity index (χ0v) is 17.6. The van der Waals surface area contributed by atoms with Gasteiger partial charge in [0.1, 0.15) is 0 Å². The summed E-state index contributed by atoms with van der Waals surface area (Å²) in [6.45, 7) is 4.73. The van der Waals surface area contributed by atoms with Gasteiger partial charge in [-0.2, -0.15) is 0 Å². The number of hydrogen-bond acceptors (Lipinski definition) is 5. The Balaban J connectivity index is 0.000000621. The molecule has 1 aliphatic rings. The van der Waals surface area contributed by atoms with Gasteiger partial charge in [0.05, 0.1) is 13.2 Å². The highest BCUT2D eigenvalue weighted by Crippen LogP contribution is 2.31. The van der Waals surface area contributed by atoms with Crippen LogP contribution in [0.2, 0.25) is 0 Å². The number of allylic oxidation sites excluding steroid dienone is 1. The maximum absolute atomic E-state index is 10.9. The molecule has 0 aliphatic heterocycles. The first-order valence-corrected chi connectivity index (χ1v) is 9.98. The zero-order chi connectivity index (χ0) is 21.2. The number of aliphatic imine (C=N–C) groups is 1. The van der Waals surface area contributed by atoms with Gasteiger partial charge in [-0.1, -0.05) is 39.2 Å². The van der Waals surface area contributed by atoms with E-state index in [-0.39, 0.29) is 6.04 Å². The standard InChI is InChI=1S/C14H24N2O2.C6H12N2O2/c1-4-7-12(14(15-2)18-3)13(16-10-17)11-8-5-6-9-11;1-2-3-4-7-6(10)8-5-9/h7,10-11,13H,4-6,8-9H2,1-3H3,(H,16,17);5H,2-4H2,1H3,(H2,7,8,9,10)/b12-7-,15-14?;. The van der Waals surface area contributed by atoms with E-state index in [0.717, 1.165) is 44.1 Å². The van der Waals surface area contributed by atoms with Gasteiger partial charge < -0.3 is 15.4 Å². The quantitative estimate of drug-likeness (QED) is 0.228. The summed E-state index contributed by atoms with van der Waals surface area (Å²) in [5, 5.41) is 7.43. The molecule has 0 saturated heterocycles. The van der Waals surface area contributed by atoms with Gasteiger partial charge in [-0.3, -0.25) is 19.9 Å². The van der Waals surface area contributed by atoms with E-state index in [2.05, 4.69) is 28.6 Å². The van der Waals surface area contributed by atoms with Crippen LogP contribution in [0.25, 0.3) is 0 Å². The molecule has 8 nitrogen and oxygen atoms in total. The third kappa shape index (κ3) is 10.1. The lowest BCUT2D eigenvalue weighted by atomic mass is 9.90. The molecule has 28 heavy (non-hydrogen) atoms. The largest absolute Gasteiger partial charge is 0.481 e. The summed E-state index contributed by atoms with van der Waals surface area (Å²) < 4.78 is 5.33. The normalized spacial score (nSPS) is 15.7. The summed E-state index contributed by atoms with van der Waals surface area (Å²) in [5.41, 5.74) is 1.02. The molecule has 1 rings (SSSR count). The molecule has 3 N–H and O–H groups in total. The fourth-order valence-electron chi connectivity index (χ4n) is 3.23. The molecule has 0 spiro atoms. The Hall–Kier alpha value is -2.38. The molecule has 0 heterocycles. The van der Waals surface area contributed by atoms with Gasteiger partial charge in [0, 0.05) is 19.2 Å². The number of nitrogens with zero attached hydrogens (tertiary/aromatic N) is 1. The highest BCUT2D eigenvalue weighted by Gasteiger charge is 2.29. The molecule has 0 aromatic carbocycles. The number of carbonyl (C=O) groups excluding carboxylic acids is 3. The fourth-order valence-corrected chi connectivity index (χ4v) is 3.23. The minimum Gasteiger partial charge on any atom is -0.481 e. The SMILES string of the molecule is CC/C=C(\C(=NC)OC)C(NC=O)C1CCCC1.CCCCNC(=O)NC=O. The van der Waals surface area contributed by atoms with Crippen molar-refractivity contribution in [1.29, 1.82) is 0 Å². The Morgan fingerprint density at radius 2 is 1.89 bits per heavy atom. The number of ether oxygens (including phenoxy) is 1. The monoisotopic (exact) mass is 396 g/mol. The highest BCUT2D eigenvalue weighted by atomic mass is 16.5. The van der Waals surface area contributed by atoms with Crippen LogP contribution in [0.15, 0.2) is 16.6 Å². The summed E-state index contributed by atoms with van der Waals surface area (Å²) >= 11 is 0. The lowest BCUT2D eigenvalue weighted by Crippen LogP contribution is -2.39. The van der Waals surface area contributed by atoms with Gasteiger partial charge in [-0.05, 0) is 31.6 Å². The van der Waals surface area contributed by atoms with E-state index < -0.39 is 6.03 Å². The topological polar surface area (TPSA) is 109 Å². The zero-order valence-electron chi connectivity index (χ0n) is 17.6. The van der Waals surface area contributed by atoms with Crippen molar-refractivity contribution in [2.24, 2.45) is 10.9 Å². The number of urea groups is 1. The van der Waals surface area contributed by atoms with Crippen LogP contribution in [0, 0.1) is 5.92 Å². The molecule has 1 atom stereocenters. The molecule has 1 unspecified atom stereocenters. The van der Waals surface area contributed by atoms with Crippen molar-refractivity contribution >= 4 is 24.7 Å². The summed E-state index contributed by atoms with van der Waals surface area (Å²) in [5.74, 6) is 1.13. The van der Waals surface area contributed by atoms with Crippen molar-refractivity contribution in [3.05, 3.63) is 11.6 Å². The second-order valence-corrected chi connectivity index (χ2v) is 6.48. The molecule has 0 aromatic rings. The molecule has 0 radical (unpaired) electrons. The van der Waals surface area contributed by atoms with Gasteiger partial charge in [-0.25, -0.2) is 4.79 Å². The van der Waals surface area contributed by atoms with Crippen molar-refractivity contribution < 1.29 is 19.1 Å². The lowest BCUT2D eigenvalue weighted by molar-refractivity contribution is -0.110. The average Bonchev–Trinajstić information content (AvgIpc) is 3.22. The summed E-state index contributed by atoms with van der Waals surface area (Å²) in [6, 6.07) is -0.396. The molecule has 1 saturated carbocycles. The first kappa shape index (κ1) is 25.6. The molecule has 1 aliphatic carbocycles. The predicted octanol–water partition coefficient (Wildman–Crippen LogP) is 2.54. The molecule has 4 amide bonds. The summed E-state index contributed by atoms with van der Waals surface area (Å²) in [7, 11) is 3.34. The molecule has 0 aromatic heterocycles. The van der Waals surface area contributed by atoms with E-state index in [4.69, 9.17) is 4.74 Å². The Bertz CT molecular complexity index is 514. The molecular weight excluding hydrogens is 360 g/mol. The van der Waals surface area contributed by atoms with Gasteiger partial charge in [0.15, 0.2) is 0 Å². The fraction of sp³-hybridized carbons (Fsp3) is 0.700. The number of nitrogens with one attached hydrogen (secondary N) is 3. The van der Waals surface area contributed by atoms with Crippen molar-refractivity contribution in [3.8, 4) is 0 Å². The maximum atomic E-state index is 10.9. The van der Waals surface area contributed by atoms with E-state index in [9.17, 15) is 14.4 Å². The van der Waals surface area contributed by atoms with E-state index >= 15 is 0 Å². The predicted molar refractivity (Wildman–Crippen MR) is 111 cm³/mol. The van der Waals surface area contributed by atoms with Crippen molar-refractivity contribution in [1.82, 2.24) is 16.0 Å². The van der Waals surface area contributed by atoms with Crippen LogP contribution in [-0.2, 0) is 14.3 Å². The van der Waals surface area contributed by atoms with Crippen molar-refractivity contribution in [2.75, 3.05) is 20.7 Å².